The molecule has 0 unspecified atom stereocenters. The molecule has 2 N–H and O–H groups in total. The van der Waals surface area contributed by atoms with Crippen LogP contribution >= 0.6 is 0 Å². The summed E-state index contributed by atoms with van der Waals surface area (Å²) in [6, 6.07) is 6.14. The summed E-state index contributed by atoms with van der Waals surface area (Å²) in [6.45, 7) is 7.56. The zero-order chi connectivity index (χ0) is 20.5. The molecule has 1 aromatic carbocycles. The third kappa shape index (κ3) is 6.85. The van der Waals surface area contributed by atoms with Gasteiger partial charge in [0, 0.05) is 32.1 Å². The number of aromatic nitrogens is 1. The van der Waals surface area contributed by atoms with Gasteiger partial charge in [-0.3, -0.25) is 4.99 Å². The first-order valence-corrected chi connectivity index (χ1v) is 10.5. The minimum Gasteiger partial charge on any atom is -0.444 e. The van der Waals surface area contributed by atoms with Crippen molar-refractivity contribution in [2.24, 2.45) is 10.9 Å². The predicted molar refractivity (Wildman–Crippen MR) is 114 cm³/mol. The summed E-state index contributed by atoms with van der Waals surface area (Å²) in [7, 11) is 1.78. The maximum Gasteiger partial charge on any atom is 0.226 e. The molecule has 6 nitrogen and oxygen atoms in total. The number of rotatable bonds is 8. The van der Waals surface area contributed by atoms with E-state index in [1.165, 1.54) is 38.1 Å². The van der Waals surface area contributed by atoms with Gasteiger partial charge >= 0.3 is 0 Å². The van der Waals surface area contributed by atoms with Crippen LogP contribution < -0.4 is 10.6 Å². The van der Waals surface area contributed by atoms with Crippen molar-refractivity contribution in [1.82, 2.24) is 20.5 Å². The molecule has 1 fully saturated rings. The van der Waals surface area contributed by atoms with E-state index in [2.05, 4.69) is 32.4 Å². The van der Waals surface area contributed by atoms with Crippen LogP contribution in [0.25, 0.3) is 11.5 Å². The van der Waals surface area contributed by atoms with Crippen LogP contribution in [0.15, 0.2) is 39.9 Å². The molecule has 0 saturated carbocycles. The summed E-state index contributed by atoms with van der Waals surface area (Å²) in [4.78, 5) is 11.3. The molecule has 0 radical (unpaired) electrons. The van der Waals surface area contributed by atoms with Gasteiger partial charge in [0.05, 0.1) is 5.69 Å². The van der Waals surface area contributed by atoms with Crippen molar-refractivity contribution in [3.8, 4) is 11.5 Å². The molecule has 1 aliphatic heterocycles. The Morgan fingerprint density at radius 2 is 1.93 bits per heavy atom. The first-order valence-electron chi connectivity index (χ1n) is 10.5. The molecule has 1 aliphatic rings. The molecule has 158 valence electrons. The number of piperidine rings is 1. The Kier molecular flexibility index (Phi) is 8.04. The van der Waals surface area contributed by atoms with Crippen LogP contribution in [0, 0.1) is 11.7 Å². The monoisotopic (exact) mass is 401 g/mol. The molecular weight excluding hydrogens is 369 g/mol. The zero-order valence-electron chi connectivity index (χ0n) is 17.5. The number of halogens is 1. The Hall–Kier alpha value is -2.41. The number of hydrogen-bond acceptors (Lipinski definition) is 4. The molecule has 0 aliphatic carbocycles. The van der Waals surface area contributed by atoms with Crippen LogP contribution in [0.4, 0.5) is 4.39 Å². The minimum absolute atomic E-state index is 0.269. The highest BCUT2D eigenvalue weighted by molar-refractivity contribution is 5.79. The highest BCUT2D eigenvalue weighted by Crippen LogP contribution is 2.19. The van der Waals surface area contributed by atoms with Gasteiger partial charge in [-0.25, -0.2) is 9.37 Å². The summed E-state index contributed by atoms with van der Waals surface area (Å²) < 4.78 is 18.5. The van der Waals surface area contributed by atoms with Crippen LogP contribution in [-0.2, 0) is 6.42 Å². The Balaban J connectivity index is 1.33. The summed E-state index contributed by atoms with van der Waals surface area (Å²) in [6.07, 6.45) is 6.12. The molecule has 1 saturated heterocycles. The molecule has 2 aromatic rings. The smallest absolute Gasteiger partial charge is 0.226 e. The summed E-state index contributed by atoms with van der Waals surface area (Å²) in [5, 5.41) is 6.69. The lowest BCUT2D eigenvalue weighted by atomic mass is 9.99. The van der Waals surface area contributed by atoms with Crippen molar-refractivity contribution in [3.05, 3.63) is 42.0 Å². The van der Waals surface area contributed by atoms with E-state index >= 15 is 0 Å². The van der Waals surface area contributed by atoms with E-state index in [-0.39, 0.29) is 5.82 Å². The Morgan fingerprint density at radius 1 is 1.21 bits per heavy atom. The van der Waals surface area contributed by atoms with Crippen LogP contribution in [0.1, 0.15) is 31.9 Å². The lowest BCUT2D eigenvalue weighted by Gasteiger charge is -2.30. The van der Waals surface area contributed by atoms with Crippen LogP contribution in [0.2, 0.25) is 0 Å². The van der Waals surface area contributed by atoms with Crippen molar-refractivity contribution in [3.63, 3.8) is 0 Å². The number of nitrogens with one attached hydrogen (secondary N) is 2. The van der Waals surface area contributed by atoms with Gasteiger partial charge in [-0.1, -0.05) is 6.92 Å². The molecule has 0 spiro atoms. The fourth-order valence-electron chi connectivity index (χ4n) is 3.47. The lowest BCUT2D eigenvalue weighted by molar-refractivity contribution is 0.191. The van der Waals surface area contributed by atoms with E-state index in [0.717, 1.165) is 49.1 Å². The van der Waals surface area contributed by atoms with Gasteiger partial charge in [0.2, 0.25) is 5.89 Å². The number of aliphatic imine (C=N–C) groups is 1. The van der Waals surface area contributed by atoms with E-state index < -0.39 is 0 Å². The fourth-order valence-corrected chi connectivity index (χ4v) is 3.47. The highest BCUT2D eigenvalue weighted by atomic mass is 19.1. The SMILES string of the molecule is CN=C(NCCCN1CCC(C)CC1)NCCc1coc(-c2ccc(F)cc2)n1. The summed E-state index contributed by atoms with van der Waals surface area (Å²) >= 11 is 0. The van der Waals surface area contributed by atoms with Gasteiger partial charge in [0.25, 0.3) is 0 Å². The first-order chi connectivity index (χ1) is 14.1. The molecule has 29 heavy (non-hydrogen) atoms. The van der Waals surface area contributed by atoms with Gasteiger partial charge in [-0.05, 0) is 69.1 Å². The number of oxazole rings is 1. The van der Waals surface area contributed by atoms with Gasteiger partial charge in [-0.15, -0.1) is 0 Å². The molecule has 1 aromatic heterocycles. The van der Waals surface area contributed by atoms with Gasteiger partial charge in [-0.2, -0.15) is 0 Å². The molecule has 0 amide bonds. The zero-order valence-corrected chi connectivity index (χ0v) is 17.5. The number of hydrogen-bond donors (Lipinski definition) is 2. The van der Waals surface area contributed by atoms with E-state index in [1.807, 2.05) is 0 Å². The number of nitrogens with zero attached hydrogens (tertiary/aromatic N) is 3. The first kappa shape index (κ1) is 21.3. The molecule has 0 bridgehead atoms. The molecule has 0 atom stereocenters. The number of likely N-dealkylation sites (tertiary alicyclic amines) is 1. The largest absolute Gasteiger partial charge is 0.444 e. The standard InChI is InChI=1S/C22H32FN5O/c1-17-9-14-28(15-10-17)13-3-11-25-22(24-2)26-12-8-20-16-29-21(27-20)18-4-6-19(23)7-5-18/h4-7,16-17H,3,8-15H2,1-2H3,(H2,24,25,26). The van der Waals surface area contributed by atoms with Gasteiger partial charge in [0.1, 0.15) is 12.1 Å². The number of guanidine groups is 1. The molecule has 2 heterocycles. The third-order valence-electron chi connectivity index (χ3n) is 5.36. The molecule has 7 heteroatoms. The lowest BCUT2D eigenvalue weighted by Crippen LogP contribution is -2.40. The van der Waals surface area contributed by atoms with Gasteiger partial charge in [0.15, 0.2) is 5.96 Å². The van der Waals surface area contributed by atoms with Crippen molar-refractivity contribution < 1.29 is 8.81 Å². The Labute approximate surface area is 172 Å². The van der Waals surface area contributed by atoms with Crippen LogP contribution in [0.5, 0.6) is 0 Å². The van der Waals surface area contributed by atoms with Crippen molar-refractivity contribution in [1.29, 1.82) is 0 Å². The van der Waals surface area contributed by atoms with Crippen LogP contribution in [-0.4, -0.2) is 55.6 Å². The number of benzene rings is 1. The van der Waals surface area contributed by atoms with E-state index in [1.54, 1.807) is 25.4 Å². The van der Waals surface area contributed by atoms with Crippen molar-refractivity contribution >= 4 is 5.96 Å². The van der Waals surface area contributed by atoms with Crippen LogP contribution in [0.3, 0.4) is 0 Å². The average Bonchev–Trinajstić information content (AvgIpc) is 3.20. The van der Waals surface area contributed by atoms with E-state index in [0.29, 0.717) is 12.4 Å². The maximum absolute atomic E-state index is 13.0. The molecule has 3 rings (SSSR count). The third-order valence-corrected chi connectivity index (χ3v) is 5.36. The minimum atomic E-state index is -0.269. The predicted octanol–water partition coefficient (Wildman–Crippen LogP) is 3.31. The topological polar surface area (TPSA) is 65.7 Å². The second-order valence-corrected chi connectivity index (χ2v) is 7.70. The Bertz CT molecular complexity index is 766. The molecular formula is C22H32FN5O. The normalized spacial score (nSPS) is 16.2. The second-order valence-electron chi connectivity index (χ2n) is 7.70. The summed E-state index contributed by atoms with van der Waals surface area (Å²) in [5.41, 5.74) is 1.62. The average molecular weight is 402 g/mol. The maximum atomic E-state index is 13.0. The van der Waals surface area contributed by atoms with Gasteiger partial charge < -0.3 is 20.0 Å². The fraction of sp³-hybridized carbons (Fsp3) is 0.545. The quantitative estimate of drug-likeness (QED) is 0.404. The highest BCUT2D eigenvalue weighted by Gasteiger charge is 2.14. The van der Waals surface area contributed by atoms with Crippen molar-refractivity contribution in [2.75, 3.05) is 39.8 Å². The second kappa shape index (κ2) is 11.0. The Morgan fingerprint density at radius 3 is 2.66 bits per heavy atom. The van der Waals surface area contributed by atoms with Crippen molar-refractivity contribution in [2.45, 2.75) is 32.6 Å². The summed E-state index contributed by atoms with van der Waals surface area (Å²) in [5.74, 6) is 1.92. The van der Waals surface area contributed by atoms with E-state index in [9.17, 15) is 4.39 Å². The van der Waals surface area contributed by atoms with E-state index in [4.69, 9.17) is 4.42 Å².